The Balaban J connectivity index is 0. The van der Waals surface area contributed by atoms with Crippen molar-refractivity contribution >= 4 is 18.4 Å². The molecule has 0 spiro atoms. The standard InChI is InChI=1S/C3H6N4O2.ClH/c1-2(3(8)9)5-7-6-4;/h2,5H,1H3,(H,8,9);1H/t2-;/m0./s1. The van der Waals surface area contributed by atoms with Gasteiger partial charge in [0.2, 0.25) is 0 Å². The van der Waals surface area contributed by atoms with Crippen LogP contribution in [-0.4, -0.2) is 17.1 Å². The summed E-state index contributed by atoms with van der Waals surface area (Å²) >= 11 is 0. The largest absolute Gasteiger partial charge is 0.478 e. The fraction of sp³-hybridized carbons (Fsp3) is 0.667. The van der Waals surface area contributed by atoms with E-state index in [9.17, 15) is 4.79 Å². The van der Waals surface area contributed by atoms with E-state index in [-0.39, 0.29) is 12.4 Å². The van der Waals surface area contributed by atoms with Crippen molar-refractivity contribution < 1.29 is 9.90 Å². The lowest BCUT2D eigenvalue weighted by Gasteiger charge is -1.97. The monoisotopic (exact) mass is 166 g/mol. The van der Waals surface area contributed by atoms with Crippen LogP contribution in [0, 0.1) is 0 Å². The molecule has 6 nitrogen and oxygen atoms in total. The first-order valence-electron chi connectivity index (χ1n) is 2.21. The Hall–Kier alpha value is -1.13. The van der Waals surface area contributed by atoms with Crippen molar-refractivity contribution in [1.29, 1.82) is 0 Å². The Bertz CT molecular complexity index is 155. The lowest BCUT2D eigenvalue weighted by atomic mass is 10.4. The van der Waals surface area contributed by atoms with Gasteiger partial charge in [-0.15, -0.1) is 17.9 Å². The Labute approximate surface area is 63.2 Å². The topological polar surface area (TPSA) is 98.1 Å². The quantitative estimate of drug-likeness (QED) is 0.279. The van der Waals surface area contributed by atoms with Crippen LogP contribution in [0.5, 0.6) is 0 Å². The minimum absolute atomic E-state index is 0. The number of nitrogens with zero attached hydrogens (tertiary/aromatic N) is 3. The molecule has 0 heterocycles. The highest BCUT2D eigenvalue weighted by atomic mass is 35.5. The van der Waals surface area contributed by atoms with E-state index < -0.39 is 12.0 Å². The molecule has 0 bridgehead atoms. The number of nitrogens with one attached hydrogen (secondary N) is 1. The van der Waals surface area contributed by atoms with Crippen LogP contribution in [-0.2, 0) is 4.79 Å². The number of hydrogen-bond donors (Lipinski definition) is 2. The summed E-state index contributed by atoms with van der Waals surface area (Å²) in [7, 11) is 0. The number of hydrogen-bond acceptors (Lipinski definition) is 2. The minimum Gasteiger partial charge on any atom is -0.478 e. The van der Waals surface area contributed by atoms with Crippen molar-refractivity contribution in [3.05, 3.63) is 10.4 Å². The third-order valence-corrected chi connectivity index (χ3v) is 0.667. The van der Waals surface area contributed by atoms with Gasteiger partial charge in [0.1, 0.15) is 0 Å². The number of carboxylic acids is 1. The summed E-state index contributed by atoms with van der Waals surface area (Å²) in [6, 6.07) is -0.833. The second kappa shape index (κ2) is 6.00. The number of carboxylic acid groups (broad SMARTS) is 1. The average molecular weight is 167 g/mol. The maximum Gasteiger partial charge on any atom is 0.348 e. The Morgan fingerprint density at radius 2 is 2.40 bits per heavy atom. The molecule has 0 radical (unpaired) electrons. The molecule has 0 aliphatic heterocycles. The highest BCUT2D eigenvalue weighted by molar-refractivity contribution is 5.85. The van der Waals surface area contributed by atoms with Crippen molar-refractivity contribution in [3.63, 3.8) is 0 Å². The molecule has 10 heavy (non-hydrogen) atoms. The summed E-state index contributed by atoms with van der Waals surface area (Å²) in [4.78, 5) is 12.3. The van der Waals surface area contributed by atoms with E-state index in [2.05, 4.69) is 10.1 Å². The number of rotatable bonds is 3. The molecular weight excluding hydrogens is 160 g/mol. The van der Waals surface area contributed by atoms with E-state index >= 15 is 0 Å². The molecule has 0 unspecified atom stereocenters. The van der Waals surface area contributed by atoms with Gasteiger partial charge < -0.3 is 5.11 Å². The van der Waals surface area contributed by atoms with Crippen molar-refractivity contribution in [3.8, 4) is 0 Å². The van der Waals surface area contributed by atoms with E-state index in [0.29, 0.717) is 0 Å². The Morgan fingerprint density at radius 1 is 1.90 bits per heavy atom. The fourth-order valence-corrected chi connectivity index (χ4v) is 0.168. The molecule has 0 rings (SSSR count). The summed E-state index contributed by atoms with van der Waals surface area (Å²) < 4.78 is 0. The zero-order valence-corrected chi connectivity index (χ0v) is 6.00. The number of azide groups is 1. The van der Waals surface area contributed by atoms with E-state index in [1.54, 1.807) is 0 Å². The van der Waals surface area contributed by atoms with Crippen LogP contribution in [0.15, 0.2) is 5.22 Å². The average Bonchev–Trinajstić information content (AvgIpc) is 1.82. The predicted molar refractivity (Wildman–Crippen MR) is 36.6 cm³/mol. The molecule has 0 aromatic heterocycles. The predicted octanol–water partition coefficient (Wildman–Crippen LogP) is 0.696. The first kappa shape index (κ1) is 11.6. The smallest absolute Gasteiger partial charge is 0.348 e. The summed E-state index contributed by atoms with van der Waals surface area (Å²) in [6.45, 7) is 1.37. The third kappa shape index (κ3) is 5.02. The highest BCUT2D eigenvalue weighted by Gasteiger charge is 2.10. The van der Waals surface area contributed by atoms with Gasteiger partial charge in [-0.1, -0.05) is 0 Å². The van der Waals surface area contributed by atoms with Gasteiger partial charge in [0.05, 0.1) is 0 Å². The minimum atomic E-state index is -1.05. The molecular formula is C3H7ClN4O2. The third-order valence-electron chi connectivity index (χ3n) is 0.667. The van der Waals surface area contributed by atoms with Crippen LogP contribution in [0.2, 0.25) is 0 Å². The first-order valence-corrected chi connectivity index (χ1v) is 2.21. The van der Waals surface area contributed by atoms with E-state index in [0.717, 1.165) is 0 Å². The lowest BCUT2D eigenvalue weighted by molar-refractivity contribution is -0.138. The highest BCUT2D eigenvalue weighted by Crippen LogP contribution is 1.78. The summed E-state index contributed by atoms with van der Waals surface area (Å²) in [5.41, 5.74) is 9.74. The van der Waals surface area contributed by atoms with Crippen LogP contribution < -0.4 is 5.43 Å². The molecule has 0 aromatic rings. The van der Waals surface area contributed by atoms with E-state index in [1.165, 1.54) is 6.92 Å². The van der Waals surface area contributed by atoms with E-state index in [1.807, 2.05) is 5.43 Å². The maximum atomic E-state index is 9.96. The van der Waals surface area contributed by atoms with Crippen molar-refractivity contribution in [2.75, 3.05) is 0 Å². The molecule has 0 aromatic carbocycles. The molecule has 0 amide bonds. The van der Waals surface area contributed by atoms with E-state index in [4.69, 9.17) is 10.6 Å². The van der Waals surface area contributed by atoms with Gasteiger partial charge in [-0.05, 0) is 12.1 Å². The van der Waals surface area contributed by atoms with Crippen LogP contribution in [0.3, 0.4) is 0 Å². The zero-order valence-electron chi connectivity index (χ0n) is 5.18. The van der Waals surface area contributed by atoms with Gasteiger partial charge in [-0.3, -0.25) is 0 Å². The molecule has 0 aliphatic carbocycles. The van der Waals surface area contributed by atoms with Gasteiger partial charge in [0.25, 0.3) is 0 Å². The van der Waals surface area contributed by atoms with Crippen LogP contribution in [0.1, 0.15) is 6.92 Å². The molecule has 0 aliphatic rings. The number of aliphatic carboxylic acids is 1. The van der Waals surface area contributed by atoms with Gasteiger partial charge in [-0.2, -0.15) is 4.91 Å². The SMILES string of the molecule is C[C@H](NN=[N+]=[N-])C(=O)O.Cl. The van der Waals surface area contributed by atoms with Crippen molar-refractivity contribution in [2.45, 2.75) is 13.0 Å². The van der Waals surface area contributed by atoms with Gasteiger partial charge in [0.15, 0.2) is 6.04 Å². The molecule has 1 atom stereocenters. The fourth-order valence-electron chi connectivity index (χ4n) is 0.168. The molecule has 0 saturated heterocycles. The van der Waals surface area contributed by atoms with Crippen molar-refractivity contribution in [2.24, 2.45) is 5.22 Å². The molecule has 0 saturated carbocycles. The zero-order chi connectivity index (χ0) is 7.28. The number of halogens is 1. The van der Waals surface area contributed by atoms with Gasteiger partial charge >= 0.3 is 5.97 Å². The van der Waals surface area contributed by atoms with Gasteiger partial charge in [-0.25, -0.2) is 10.2 Å². The second-order valence-corrected chi connectivity index (χ2v) is 1.38. The Morgan fingerprint density at radius 3 is 2.70 bits per heavy atom. The molecule has 58 valence electrons. The number of carbonyl (C=O) groups is 1. The Kier molecular flexibility index (Phi) is 6.98. The van der Waals surface area contributed by atoms with Crippen molar-refractivity contribution in [1.82, 2.24) is 5.43 Å². The molecule has 0 fully saturated rings. The second-order valence-electron chi connectivity index (χ2n) is 1.38. The normalized spacial score (nSPS) is 10.1. The molecule has 7 heteroatoms. The first-order chi connectivity index (χ1) is 4.18. The van der Waals surface area contributed by atoms with Crippen LogP contribution in [0.25, 0.3) is 10.4 Å². The summed E-state index contributed by atoms with van der Waals surface area (Å²) in [5, 5.41) is 11.0. The summed E-state index contributed by atoms with van der Waals surface area (Å²) in [6.07, 6.45) is 0. The molecule has 2 N–H and O–H groups in total. The van der Waals surface area contributed by atoms with Crippen LogP contribution in [0.4, 0.5) is 0 Å². The maximum absolute atomic E-state index is 9.96. The summed E-state index contributed by atoms with van der Waals surface area (Å²) in [5.74, 6) is -1.05. The lowest BCUT2D eigenvalue weighted by Crippen LogP contribution is -2.28. The van der Waals surface area contributed by atoms with Gasteiger partial charge in [0, 0.05) is 0 Å². The van der Waals surface area contributed by atoms with Crippen LogP contribution >= 0.6 is 12.4 Å².